The van der Waals surface area contributed by atoms with Crippen LogP contribution in [0.15, 0.2) is 6.07 Å². The highest BCUT2D eigenvalue weighted by Gasteiger charge is 2.15. The summed E-state index contributed by atoms with van der Waals surface area (Å²) in [7, 11) is 0. The maximum absolute atomic E-state index is 10.3. The number of nitrogens with zero attached hydrogens (tertiary/aromatic N) is 2. The van der Waals surface area contributed by atoms with Crippen LogP contribution in [-0.4, -0.2) is 11.3 Å². The van der Waals surface area contributed by atoms with Crippen molar-refractivity contribution in [3.63, 3.8) is 0 Å². The van der Waals surface area contributed by atoms with Gasteiger partial charge in [-0.1, -0.05) is 0 Å². The number of carbonyl (C=O) groups excluding carboxylic acids is 1. The van der Waals surface area contributed by atoms with Gasteiger partial charge in [0.15, 0.2) is 0 Å². The second kappa shape index (κ2) is 3.64. The number of carbonyl (C=O) groups is 1. The quantitative estimate of drug-likeness (QED) is 0.445. The smallest absolute Gasteiger partial charge is 0.319 e. The first kappa shape index (κ1) is 9.15. The Morgan fingerprint density at radius 2 is 2.46 bits per heavy atom. The first-order valence-corrected chi connectivity index (χ1v) is 3.89. The minimum Gasteiger partial charge on any atom is -0.319 e. The van der Waals surface area contributed by atoms with Gasteiger partial charge in [0, 0.05) is 6.07 Å². The van der Waals surface area contributed by atoms with Crippen LogP contribution in [0.3, 0.4) is 0 Å². The number of thiophene rings is 1. The molecule has 0 bridgehead atoms. The maximum Gasteiger partial charge on any atom is 0.327 e. The number of nitrogens with one attached hydrogen (secondary N) is 1. The molecule has 0 saturated carbocycles. The molecule has 0 spiro atoms. The molecule has 1 N–H and O–H groups in total. The van der Waals surface area contributed by atoms with Crippen LogP contribution in [0, 0.1) is 21.4 Å². The second-order valence-corrected chi connectivity index (χ2v) is 2.99. The number of anilines is 1. The lowest BCUT2D eigenvalue weighted by atomic mass is 10.3. The molecule has 1 aromatic heterocycles. The number of amides is 1. The lowest BCUT2D eigenvalue weighted by Crippen LogP contribution is -1.91. The Kier molecular flexibility index (Phi) is 2.56. The van der Waals surface area contributed by atoms with Gasteiger partial charge in [0.1, 0.15) is 11.1 Å². The molecule has 0 aliphatic rings. The van der Waals surface area contributed by atoms with Gasteiger partial charge >= 0.3 is 5.00 Å². The molecular formula is C6H3N3O3S. The molecule has 13 heavy (non-hydrogen) atoms. The van der Waals surface area contributed by atoms with Gasteiger partial charge in [-0.3, -0.25) is 14.9 Å². The zero-order chi connectivity index (χ0) is 9.84. The molecule has 1 rings (SSSR count). The largest absolute Gasteiger partial charge is 0.327 e. The molecule has 1 heterocycles. The highest BCUT2D eigenvalue weighted by Crippen LogP contribution is 2.32. The average Bonchev–Trinajstić information content (AvgIpc) is 2.48. The summed E-state index contributed by atoms with van der Waals surface area (Å²) >= 11 is 0.753. The third kappa shape index (κ3) is 1.80. The van der Waals surface area contributed by atoms with Crippen molar-refractivity contribution < 1.29 is 9.72 Å². The number of nitriles is 1. The van der Waals surface area contributed by atoms with Crippen LogP contribution in [-0.2, 0) is 4.79 Å². The van der Waals surface area contributed by atoms with Gasteiger partial charge in [-0.15, -0.1) is 0 Å². The summed E-state index contributed by atoms with van der Waals surface area (Å²) in [5.41, 5.74) is 0.101. The SMILES string of the molecule is N#Cc1cc([N+](=O)[O-])sc1NC=O. The third-order valence-electron chi connectivity index (χ3n) is 1.21. The van der Waals surface area contributed by atoms with Crippen LogP contribution in [0.25, 0.3) is 0 Å². The van der Waals surface area contributed by atoms with Crippen molar-refractivity contribution in [2.45, 2.75) is 0 Å². The molecule has 0 fully saturated rings. The number of hydrogen-bond donors (Lipinski definition) is 1. The van der Waals surface area contributed by atoms with Crippen LogP contribution < -0.4 is 5.32 Å². The van der Waals surface area contributed by atoms with E-state index in [9.17, 15) is 14.9 Å². The minimum atomic E-state index is -0.610. The summed E-state index contributed by atoms with van der Waals surface area (Å²) in [5.74, 6) is 0. The van der Waals surface area contributed by atoms with Gasteiger partial charge in [0.2, 0.25) is 6.41 Å². The zero-order valence-corrected chi connectivity index (χ0v) is 7.00. The lowest BCUT2D eigenvalue weighted by molar-refractivity contribution is -0.380. The topological polar surface area (TPSA) is 96.0 Å². The van der Waals surface area contributed by atoms with Crippen molar-refractivity contribution in [1.82, 2.24) is 0 Å². The van der Waals surface area contributed by atoms with Crippen molar-refractivity contribution in [3.05, 3.63) is 21.7 Å². The van der Waals surface area contributed by atoms with Gasteiger partial charge in [-0.25, -0.2) is 0 Å². The molecule has 0 aliphatic carbocycles. The van der Waals surface area contributed by atoms with Crippen LogP contribution in [0.2, 0.25) is 0 Å². The van der Waals surface area contributed by atoms with Crippen molar-refractivity contribution >= 4 is 27.7 Å². The van der Waals surface area contributed by atoms with Gasteiger partial charge in [-0.05, 0) is 11.3 Å². The molecule has 1 amide bonds. The molecule has 0 aromatic carbocycles. The van der Waals surface area contributed by atoms with Gasteiger partial charge < -0.3 is 5.32 Å². The van der Waals surface area contributed by atoms with E-state index in [1.807, 2.05) is 0 Å². The molecule has 0 unspecified atom stereocenters. The molecule has 66 valence electrons. The second-order valence-electron chi connectivity index (χ2n) is 1.96. The van der Waals surface area contributed by atoms with Crippen molar-refractivity contribution in [2.75, 3.05) is 5.32 Å². The van der Waals surface area contributed by atoms with Crippen molar-refractivity contribution in [1.29, 1.82) is 5.26 Å². The number of hydrogen-bond acceptors (Lipinski definition) is 5. The fourth-order valence-corrected chi connectivity index (χ4v) is 1.49. The molecule has 0 radical (unpaired) electrons. The molecule has 0 atom stereocenters. The Labute approximate surface area is 76.6 Å². The summed E-state index contributed by atoms with van der Waals surface area (Å²) in [5, 5.41) is 21.0. The minimum absolute atomic E-state index is 0.101. The molecular weight excluding hydrogens is 194 g/mol. The average molecular weight is 197 g/mol. The molecule has 7 heteroatoms. The summed E-state index contributed by atoms with van der Waals surface area (Å²) in [4.78, 5) is 19.7. The molecule has 6 nitrogen and oxygen atoms in total. The van der Waals surface area contributed by atoms with E-state index in [2.05, 4.69) is 5.32 Å². The van der Waals surface area contributed by atoms with E-state index in [0.717, 1.165) is 17.4 Å². The van der Waals surface area contributed by atoms with Crippen LogP contribution >= 0.6 is 11.3 Å². The highest BCUT2D eigenvalue weighted by molar-refractivity contribution is 7.19. The number of rotatable bonds is 3. The van der Waals surface area contributed by atoms with Crippen LogP contribution in [0.1, 0.15) is 5.56 Å². The van der Waals surface area contributed by atoms with E-state index in [-0.39, 0.29) is 15.6 Å². The van der Waals surface area contributed by atoms with Gasteiger partial charge in [0.05, 0.1) is 10.5 Å². The standard InChI is InChI=1S/C6H3N3O3S/c7-2-4-1-5(9(11)12)13-6(4)8-3-10/h1,3H,(H,8,10). The Bertz CT molecular complexity index is 392. The van der Waals surface area contributed by atoms with E-state index in [4.69, 9.17) is 5.26 Å². The fraction of sp³-hybridized carbons (Fsp3) is 0. The first-order valence-electron chi connectivity index (χ1n) is 3.07. The van der Waals surface area contributed by atoms with E-state index in [1.54, 1.807) is 6.07 Å². The Hall–Kier alpha value is -1.94. The molecule has 0 aliphatic heterocycles. The molecule has 0 saturated heterocycles. The monoisotopic (exact) mass is 197 g/mol. The zero-order valence-electron chi connectivity index (χ0n) is 6.18. The highest BCUT2D eigenvalue weighted by atomic mass is 32.1. The predicted molar refractivity (Wildman–Crippen MR) is 45.4 cm³/mol. The summed E-state index contributed by atoms with van der Waals surface area (Å²) < 4.78 is 0. The Morgan fingerprint density at radius 3 is 2.92 bits per heavy atom. The lowest BCUT2D eigenvalue weighted by Gasteiger charge is -1.88. The van der Waals surface area contributed by atoms with E-state index >= 15 is 0 Å². The van der Waals surface area contributed by atoms with Crippen molar-refractivity contribution in [2.24, 2.45) is 0 Å². The first-order chi connectivity index (χ1) is 6.19. The van der Waals surface area contributed by atoms with Crippen LogP contribution in [0.5, 0.6) is 0 Å². The Balaban J connectivity index is 3.12. The van der Waals surface area contributed by atoms with Gasteiger partial charge in [0.25, 0.3) is 0 Å². The van der Waals surface area contributed by atoms with E-state index in [0.29, 0.717) is 6.41 Å². The van der Waals surface area contributed by atoms with E-state index in [1.165, 1.54) is 0 Å². The van der Waals surface area contributed by atoms with Gasteiger partial charge in [-0.2, -0.15) is 5.26 Å². The number of nitro groups is 1. The van der Waals surface area contributed by atoms with Crippen molar-refractivity contribution in [3.8, 4) is 6.07 Å². The fourth-order valence-electron chi connectivity index (χ4n) is 0.712. The summed E-state index contributed by atoms with van der Waals surface area (Å²) in [6.45, 7) is 0. The predicted octanol–water partition coefficient (Wildman–Crippen LogP) is 1.10. The molecule has 1 aromatic rings. The Morgan fingerprint density at radius 1 is 1.77 bits per heavy atom. The summed E-state index contributed by atoms with van der Waals surface area (Å²) in [6.07, 6.45) is 0.371. The third-order valence-corrected chi connectivity index (χ3v) is 2.23. The summed E-state index contributed by atoms with van der Waals surface area (Å²) in [6, 6.07) is 2.86. The normalized spacial score (nSPS) is 8.85. The maximum atomic E-state index is 10.3. The van der Waals surface area contributed by atoms with Crippen LogP contribution in [0.4, 0.5) is 10.0 Å². The van der Waals surface area contributed by atoms with E-state index < -0.39 is 4.92 Å².